The number of imidazole rings is 1. The summed E-state index contributed by atoms with van der Waals surface area (Å²) >= 11 is 1.77. The highest BCUT2D eigenvalue weighted by Gasteiger charge is 2.28. The zero-order valence-corrected chi connectivity index (χ0v) is 14.9. The van der Waals surface area contributed by atoms with E-state index in [9.17, 15) is 4.79 Å². The lowest BCUT2D eigenvalue weighted by Gasteiger charge is -2.25. The van der Waals surface area contributed by atoms with Crippen molar-refractivity contribution in [3.63, 3.8) is 0 Å². The standard InChI is InChI=1S/C19H22N4OS/c24-19(23-10-3-4-16(23)12-22-11-9-20-14-22)21-8-7-15-13-25-18-6-2-1-5-17(15)18/h1-2,5-6,9,11,13-14,16H,3-4,7-8,10,12H2,(H,21,24). The largest absolute Gasteiger partial charge is 0.338 e. The maximum atomic E-state index is 12.6. The summed E-state index contributed by atoms with van der Waals surface area (Å²) in [7, 11) is 0. The molecule has 0 saturated carbocycles. The number of carbonyl (C=O) groups is 1. The summed E-state index contributed by atoms with van der Waals surface area (Å²) in [5, 5.41) is 6.61. The molecule has 1 N–H and O–H groups in total. The Labute approximate surface area is 151 Å². The number of thiophene rings is 1. The highest BCUT2D eigenvalue weighted by atomic mass is 32.1. The summed E-state index contributed by atoms with van der Waals surface area (Å²) in [4.78, 5) is 18.6. The number of nitrogens with one attached hydrogen (secondary N) is 1. The van der Waals surface area contributed by atoms with Crippen molar-refractivity contribution in [1.82, 2.24) is 19.8 Å². The minimum atomic E-state index is 0.0575. The first kappa shape index (κ1) is 16.1. The molecule has 5 nitrogen and oxygen atoms in total. The molecule has 6 heteroatoms. The summed E-state index contributed by atoms with van der Waals surface area (Å²) in [6.07, 6.45) is 8.55. The van der Waals surface area contributed by atoms with E-state index in [1.54, 1.807) is 17.5 Å². The molecule has 0 radical (unpaired) electrons. The van der Waals surface area contributed by atoms with Crippen molar-refractivity contribution < 1.29 is 4.79 Å². The molecule has 1 saturated heterocycles. The van der Waals surface area contributed by atoms with Crippen molar-refractivity contribution >= 4 is 27.5 Å². The van der Waals surface area contributed by atoms with E-state index in [0.717, 1.165) is 32.4 Å². The van der Waals surface area contributed by atoms with Gasteiger partial charge in [-0.05, 0) is 41.7 Å². The van der Waals surface area contributed by atoms with Crippen molar-refractivity contribution in [1.29, 1.82) is 0 Å². The second-order valence-electron chi connectivity index (χ2n) is 6.49. The second-order valence-corrected chi connectivity index (χ2v) is 7.40. The average molecular weight is 354 g/mol. The molecule has 0 aliphatic carbocycles. The van der Waals surface area contributed by atoms with E-state index in [4.69, 9.17) is 0 Å². The van der Waals surface area contributed by atoms with Crippen molar-refractivity contribution in [3.8, 4) is 0 Å². The number of likely N-dealkylation sites (tertiary alicyclic amines) is 1. The van der Waals surface area contributed by atoms with Crippen LogP contribution in [0.2, 0.25) is 0 Å². The van der Waals surface area contributed by atoms with Gasteiger partial charge in [0.05, 0.1) is 12.4 Å². The number of urea groups is 1. The van der Waals surface area contributed by atoms with Gasteiger partial charge in [-0.25, -0.2) is 9.78 Å². The number of benzene rings is 1. The number of fused-ring (bicyclic) bond motifs is 1. The number of nitrogens with zero attached hydrogens (tertiary/aromatic N) is 3. The van der Waals surface area contributed by atoms with E-state index in [-0.39, 0.29) is 12.1 Å². The van der Waals surface area contributed by atoms with Gasteiger partial charge in [0, 0.05) is 36.7 Å². The zero-order chi connectivity index (χ0) is 17.1. The molecule has 1 aromatic carbocycles. The van der Waals surface area contributed by atoms with Crippen LogP contribution in [-0.2, 0) is 13.0 Å². The van der Waals surface area contributed by atoms with Crippen LogP contribution < -0.4 is 5.32 Å². The average Bonchev–Trinajstić information content (AvgIpc) is 3.36. The van der Waals surface area contributed by atoms with Crippen LogP contribution in [0.4, 0.5) is 4.79 Å². The number of rotatable bonds is 5. The zero-order valence-electron chi connectivity index (χ0n) is 14.1. The third-order valence-corrected chi connectivity index (χ3v) is 5.86. The maximum Gasteiger partial charge on any atom is 0.317 e. The molecule has 1 unspecified atom stereocenters. The SMILES string of the molecule is O=C(NCCc1csc2ccccc12)N1CCCC1Cn1ccnc1. The molecule has 0 spiro atoms. The fourth-order valence-electron chi connectivity index (χ4n) is 3.56. The smallest absolute Gasteiger partial charge is 0.317 e. The van der Waals surface area contributed by atoms with E-state index in [2.05, 4.69) is 39.9 Å². The molecule has 2 amide bonds. The van der Waals surface area contributed by atoms with E-state index >= 15 is 0 Å². The highest BCUT2D eigenvalue weighted by Crippen LogP contribution is 2.25. The lowest BCUT2D eigenvalue weighted by atomic mass is 10.1. The Bertz CT molecular complexity index is 842. The third-order valence-electron chi connectivity index (χ3n) is 4.85. The molecule has 2 aromatic heterocycles. The minimum Gasteiger partial charge on any atom is -0.338 e. The molecule has 1 aliphatic heterocycles. The van der Waals surface area contributed by atoms with Gasteiger partial charge in [0.1, 0.15) is 0 Å². The monoisotopic (exact) mass is 354 g/mol. The lowest BCUT2D eigenvalue weighted by Crippen LogP contribution is -2.44. The van der Waals surface area contributed by atoms with Crippen LogP contribution in [0.5, 0.6) is 0 Å². The molecule has 130 valence electrons. The predicted octanol–water partition coefficient (Wildman–Crippen LogP) is 3.51. The van der Waals surface area contributed by atoms with E-state index in [1.807, 2.05) is 22.0 Å². The third kappa shape index (κ3) is 3.54. The van der Waals surface area contributed by atoms with Crippen molar-refractivity contribution in [2.24, 2.45) is 0 Å². The highest BCUT2D eigenvalue weighted by molar-refractivity contribution is 7.17. The van der Waals surface area contributed by atoms with E-state index < -0.39 is 0 Å². The molecular formula is C19H22N4OS. The van der Waals surface area contributed by atoms with Crippen molar-refractivity contribution in [2.45, 2.75) is 31.8 Å². The van der Waals surface area contributed by atoms with Crippen molar-refractivity contribution in [3.05, 3.63) is 53.9 Å². The number of aromatic nitrogens is 2. The molecule has 1 atom stereocenters. The molecule has 0 bridgehead atoms. The molecule has 25 heavy (non-hydrogen) atoms. The van der Waals surface area contributed by atoms with Crippen LogP contribution in [0.25, 0.3) is 10.1 Å². The molecular weight excluding hydrogens is 332 g/mol. The first-order valence-electron chi connectivity index (χ1n) is 8.76. The maximum absolute atomic E-state index is 12.6. The lowest BCUT2D eigenvalue weighted by molar-refractivity contribution is 0.187. The molecule has 1 fully saturated rings. The number of hydrogen-bond donors (Lipinski definition) is 1. The Balaban J connectivity index is 1.32. The number of amides is 2. The van der Waals surface area contributed by atoms with Gasteiger partial charge in [0.25, 0.3) is 0 Å². The van der Waals surface area contributed by atoms with Gasteiger partial charge in [0.2, 0.25) is 0 Å². The molecule has 3 aromatic rings. The Morgan fingerprint density at radius 3 is 3.16 bits per heavy atom. The molecule has 3 heterocycles. The quantitative estimate of drug-likeness (QED) is 0.762. The van der Waals surface area contributed by atoms with Gasteiger partial charge >= 0.3 is 6.03 Å². The van der Waals surface area contributed by atoms with E-state index in [0.29, 0.717) is 6.54 Å². The van der Waals surface area contributed by atoms with Gasteiger partial charge in [-0.2, -0.15) is 0 Å². The van der Waals surface area contributed by atoms with Crippen LogP contribution in [0.15, 0.2) is 48.4 Å². The van der Waals surface area contributed by atoms with Crippen molar-refractivity contribution in [2.75, 3.05) is 13.1 Å². The van der Waals surface area contributed by atoms with Gasteiger partial charge in [-0.15, -0.1) is 11.3 Å². The van der Waals surface area contributed by atoms with Crippen LogP contribution in [0.1, 0.15) is 18.4 Å². The second kappa shape index (κ2) is 7.27. The molecule has 4 rings (SSSR count). The Morgan fingerprint density at radius 1 is 1.36 bits per heavy atom. The van der Waals surface area contributed by atoms with Crippen LogP contribution in [-0.4, -0.2) is 39.6 Å². The first-order valence-corrected chi connectivity index (χ1v) is 9.64. The summed E-state index contributed by atoms with van der Waals surface area (Å²) in [5.74, 6) is 0. The van der Waals surface area contributed by atoms with Gasteiger partial charge in [-0.3, -0.25) is 0 Å². The van der Waals surface area contributed by atoms with Gasteiger partial charge in [-0.1, -0.05) is 18.2 Å². The fourth-order valence-corrected chi connectivity index (χ4v) is 4.56. The normalized spacial score (nSPS) is 17.3. The van der Waals surface area contributed by atoms with Gasteiger partial charge < -0.3 is 14.8 Å². The topological polar surface area (TPSA) is 50.2 Å². The Hall–Kier alpha value is -2.34. The number of hydrogen-bond acceptors (Lipinski definition) is 3. The van der Waals surface area contributed by atoms with Crippen LogP contribution >= 0.6 is 11.3 Å². The summed E-state index contributed by atoms with van der Waals surface area (Å²) in [6, 6.07) is 8.76. The predicted molar refractivity (Wildman–Crippen MR) is 101 cm³/mol. The Morgan fingerprint density at radius 2 is 2.28 bits per heavy atom. The first-order chi connectivity index (χ1) is 12.3. The molecule has 1 aliphatic rings. The fraction of sp³-hybridized carbons (Fsp3) is 0.368. The Kier molecular flexibility index (Phi) is 4.70. The number of carbonyl (C=O) groups excluding carboxylic acids is 1. The van der Waals surface area contributed by atoms with E-state index in [1.165, 1.54) is 15.6 Å². The summed E-state index contributed by atoms with van der Waals surface area (Å²) in [6.45, 7) is 2.34. The minimum absolute atomic E-state index is 0.0575. The van der Waals surface area contributed by atoms with Crippen LogP contribution in [0, 0.1) is 0 Å². The van der Waals surface area contributed by atoms with Crippen LogP contribution in [0.3, 0.4) is 0 Å². The summed E-state index contributed by atoms with van der Waals surface area (Å²) in [5.41, 5.74) is 1.32. The summed E-state index contributed by atoms with van der Waals surface area (Å²) < 4.78 is 3.36. The van der Waals surface area contributed by atoms with Gasteiger partial charge in [0.15, 0.2) is 0 Å².